The normalized spacial score (nSPS) is 15.6. The topological polar surface area (TPSA) is 616 Å². The SMILES string of the molecule is C=CCCC[C@](C)(NCC(NC(=O)CNC(=O)C(C)N)C(=O)[C@@H](N)CC(=O)O)C(=O)NC(C(=O)NC(C(=O)NC(CC(=O)[C@H](C)NC)C(=O)NC(C(=O)NC(C(=O)NC)C(=O)[C@@H](N)Cc1ccc(O)cc1)C(=O)[C@@H](N)Cc1ccccc1)C(=O)[C@@H](N)CC(N)=O)C(=O)[C@@H](N)Cc1ccccc1. The third kappa shape index (κ3) is 27.3. The molecule has 0 saturated carbocycles. The van der Waals surface area contributed by atoms with Gasteiger partial charge in [0.1, 0.15) is 17.8 Å². The fourth-order valence-corrected chi connectivity index (χ4v) is 9.85. The molecule has 7 unspecified atom stereocenters. The van der Waals surface area contributed by atoms with Crippen LogP contribution in [-0.4, -0.2) is 215 Å². The standard InChI is InChI=1S/C66H93N17O18/c1-7-8-15-24-66(4,77-31-45(54(90)43(72)29-49(88)89)78-48(87)32-76-59(95)33(2)67)65(101)83-53(57(93)40(69)26-36-18-13-10-14-19-36)64(100)82-51(58(94)42(71)28-47(73)86)62(98)79-44(30-46(85)34(3)74-5)60(96)80-52(56(92)39(68)25-35-16-11-9-12-17-35)63(99)81-50(61(97)75-6)55(91)41(70)27-37-20-22-38(84)23-21-37/h7,9-14,16-23,33-34,39-45,50-53,74,77,84H,1,8,15,24-32,67-72H2,2-6H3,(H2,73,86)(H,75,97)(H,76,95)(H,78,87)(H,79,98)(H,80,96)(H,81,99)(H,82,100)(H,83,101)(H,88,89)/t33?,34-,39-,40-,41-,42-,43-,44?,45?,50?,51?,52?,53?,66-/m0/s1. The third-order valence-corrected chi connectivity index (χ3v) is 16.0. The first-order chi connectivity index (χ1) is 47.5. The number of hydrogen-bond donors (Lipinski definition) is 19. The summed E-state index contributed by atoms with van der Waals surface area (Å²) in [5.74, 6) is -20.8. The van der Waals surface area contributed by atoms with Gasteiger partial charge in [-0.15, -0.1) is 6.58 Å². The number of carboxylic acid groups (broad SMARTS) is 1. The first-order valence-corrected chi connectivity index (χ1v) is 31.9. The van der Waals surface area contributed by atoms with Crippen LogP contribution in [0.3, 0.4) is 0 Å². The van der Waals surface area contributed by atoms with E-state index in [0.717, 1.165) is 7.05 Å². The molecule has 3 rings (SSSR count). The number of allylic oxidation sites excluding steroid dienone is 1. The molecular formula is C66H93N17O18. The number of carboxylic acids is 1. The van der Waals surface area contributed by atoms with E-state index in [1.165, 1.54) is 58.2 Å². The number of benzene rings is 3. The van der Waals surface area contributed by atoms with Gasteiger partial charge in [0, 0.05) is 26.4 Å². The first-order valence-electron chi connectivity index (χ1n) is 31.9. The van der Waals surface area contributed by atoms with Crippen molar-refractivity contribution in [3.05, 3.63) is 114 Å². The average molecular weight is 1410 g/mol. The second-order valence-corrected chi connectivity index (χ2v) is 24.2. The highest BCUT2D eigenvalue weighted by atomic mass is 16.4. The maximum Gasteiger partial charge on any atom is 0.305 e. The highest BCUT2D eigenvalue weighted by Crippen LogP contribution is 2.18. The Balaban J connectivity index is 2.26. The highest BCUT2D eigenvalue weighted by Gasteiger charge is 2.45. The minimum atomic E-state index is -2.74. The number of nitrogens with two attached hydrogens (primary N) is 7. The summed E-state index contributed by atoms with van der Waals surface area (Å²) >= 11 is 0. The number of hydrogen-bond acceptors (Lipinski definition) is 25. The monoisotopic (exact) mass is 1410 g/mol. The van der Waals surface area contributed by atoms with Crippen LogP contribution in [-0.2, 0) is 96.0 Å². The smallest absolute Gasteiger partial charge is 0.305 e. The van der Waals surface area contributed by atoms with E-state index < -0.39 is 210 Å². The van der Waals surface area contributed by atoms with Gasteiger partial charge in [-0.3, -0.25) is 76.7 Å². The molecule has 0 saturated heterocycles. The van der Waals surface area contributed by atoms with Gasteiger partial charge in [0.25, 0.3) is 17.7 Å². The summed E-state index contributed by atoms with van der Waals surface area (Å²) < 4.78 is 0. The number of ketones is 6. The predicted octanol–water partition coefficient (Wildman–Crippen LogP) is -7.36. The highest BCUT2D eigenvalue weighted by molar-refractivity contribution is 6.17. The number of amides is 9. The van der Waals surface area contributed by atoms with E-state index in [9.17, 15) is 72.5 Å². The molecule has 101 heavy (non-hydrogen) atoms. The molecule has 3 aromatic rings. The van der Waals surface area contributed by atoms with Crippen LogP contribution in [0.15, 0.2) is 97.6 Å². The molecule has 0 aromatic heterocycles. The van der Waals surface area contributed by atoms with Gasteiger partial charge >= 0.3 is 5.97 Å². The second-order valence-electron chi connectivity index (χ2n) is 24.2. The molecule has 0 aliphatic rings. The number of nitrogens with one attached hydrogen (secondary N) is 10. The van der Waals surface area contributed by atoms with Crippen molar-refractivity contribution < 1.29 is 86.9 Å². The van der Waals surface area contributed by atoms with E-state index >= 15 is 14.4 Å². The van der Waals surface area contributed by atoms with Gasteiger partial charge in [-0.1, -0.05) is 78.9 Å². The molecule has 550 valence electrons. The molecule has 26 N–H and O–H groups in total. The zero-order valence-corrected chi connectivity index (χ0v) is 56.6. The van der Waals surface area contributed by atoms with Crippen LogP contribution in [0.5, 0.6) is 5.75 Å². The fourth-order valence-electron chi connectivity index (χ4n) is 9.85. The molecular weight excluding hydrogens is 1320 g/mol. The Kier molecular flexibility index (Phi) is 34.6. The molecule has 0 fully saturated rings. The number of carbonyl (C=O) groups excluding carboxylic acids is 15. The molecule has 0 radical (unpaired) electrons. The zero-order valence-electron chi connectivity index (χ0n) is 56.6. The minimum Gasteiger partial charge on any atom is -0.508 e. The molecule has 0 heterocycles. The maximum absolute atomic E-state index is 15.1. The van der Waals surface area contributed by atoms with Crippen molar-refractivity contribution in [2.24, 2.45) is 40.1 Å². The zero-order chi connectivity index (χ0) is 76.0. The first kappa shape index (κ1) is 84.8. The van der Waals surface area contributed by atoms with E-state index in [-0.39, 0.29) is 44.3 Å². The number of carbonyl (C=O) groups is 16. The molecule has 35 nitrogen and oxygen atoms in total. The van der Waals surface area contributed by atoms with Crippen LogP contribution in [0.25, 0.3) is 0 Å². The largest absolute Gasteiger partial charge is 0.508 e. The number of likely N-dealkylation sites (N-methyl/N-ethyl adjacent to an activating group) is 2. The van der Waals surface area contributed by atoms with Gasteiger partial charge < -0.3 is 104 Å². The number of rotatable bonds is 46. The van der Waals surface area contributed by atoms with Gasteiger partial charge in [-0.05, 0) is 95.2 Å². The molecule has 0 aliphatic carbocycles. The quantitative estimate of drug-likeness (QED) is 0.0142. The van der Waals surface area contributed by atoms with Crippen molar-refractivity contribution >= 4 is 93.8 Å². The Labute approximate surface area is 581 Å². The fraction of sp³-hybridized carbons (Fsp3) is 0.455. The second kappa shape index (κ2) is 41.2. The Morgan fingerprint density at radius 3 is 1.40 bits per heavy atom. The van der Waals surface area contributed by atoms with Crippen LogP contribution in [0.1, 0.15) is 76.0 Å². The van der Waals surface area contributed by atoms with Gasteiger partial charge in [-0.25, -0.2) is 0 Å². The Bertz CT molecular complexity index is 3470. The van der Waals surface area contributed by atoms with E-state index in [1.54, 1.807) is 60.7 Å². The van der Waals surface area contributed by atoms with Crippen molar-refractivity contribution in [1.29, 1.82) is 0 Å². The molecule has 35 heteroatoms. The van der Waals surface area contributed by atoms with Crippen LogP contribution in [0.4, 0.5) is 0 Å². The Morgan fingerprint density at radius 1 is 0.515 bits per heavy atom. The van der Waals surface area contributed by atoms with Crippen molar-refractivity contribution in [2.45, 2.75) is 163 Å². The van der Waals surface area contributed by atoms with Crippen LogP contribution >= 0.6 is 0 Å². The van der Waals surface area contributed by atoms with Gasteiger partial charge in [0.2, 0.25) is 35.4 Å². The molecule has 0 aliphatic heterocycles. The Morgan fingerprint density at radius 2 is 0.950 bits per heavy atom. The van der Waals surface area contributed by atoms with Crippen molar-refractivity contribution in [1.82, 2.24) is 53.2 Å². The number of aromatic hydroxyl groups is 1. The molecule has 3 aromatic carbocycles. The minimum absolute atomic E-state index is 0.0956. The summed E-state index contributed by atoms with van der Waals surface area (Å²) in [5, 5.41) is 42.2. The third-order valence-electron chi connectivity index (χ3n) is 16.0. The van der Waals surface area contributed by atoms with Crippen LogP contribution in [0.2, 0.25) is 0 Å². The summed E-state index contributed by atoms with van der Waals surface area (Å²) in [7, 11) is 2.44. The number of Topliss-reactive ketones (excluding diaryl/α,β-unsaturated/α-hetero) is 6. The number of aliphatic carboxylic acids is 1. The number of unbranched alkanes of at least 4 members (excludes halogenated alkanes) is 1. The van der Waals surface area contributed by atoms with Gasteiger partial charge in [0.05, 0.1) is 60.8 Å². The molecule has 0 spiro atoms. The number of primary amides is 1. The lowest BCUT2D eigenvalue weighted by molar-refractivity contribution is -0.143. The summed E-state index contributed by atoms with van der Waals surface area (Å²) in [6.45, 7) is 6.09. The number of phenolic OH excluding ortho intramolecular Hbond substituents is 1. The van der Waals surface area contributed by atoms with Crippen molar-refractivity contribution in [2.75, 3.05) is 27.2 Å². The van der Waals surface area contributed by atoms with Crippen LogP contribution in [0, 0.1) is 0 Å². The van der Waals surface area contributed by atoms with Crippen molar-refractivity contribution in [3.8, 4) is 5.75 Å². The van der Waals surface area contributed by atoms with E-state index in [0.29, 0.717) is 16.7 Å². The predicted molar refractivity (Wildman–Crippen MR) is 364 cm³/mol. The van der Waals surface area contributed by atoms with Gasteiger partial charge in [0.15, 0.2) is 58.9 Å². The summed E-state index contributed by atoms with van der Waals surface area (Å²) in [6.07, 6.45) is -2.35. The summed E-state index contributed by atoms with van der Waals surface area (Å²) in [5.41, 5.74) is 41.4. The van der Waals surface area contributed by atoms with E-state index in [1.807, 2.05) is 5.32 Å². The van der Waals surface area contributed by atoms with E-state index in [4.69, 9.17) is 40.1 Å². The molecule has 9 amide bonds. The summed E-state index contributed by atoms with van der Waals surface area (Å²) in [6, 6.07) is -3.57. The van der Waals surface area contributed by atoms with Crippen LogP contribution < -0.4 is 93.3 Å². The lowest BCUT2D eigenvalue weighted by Gasteiger charge is -2.34. The van der Waals surface area contributed by atoms with E-state index in [2.05, 4.69) is 54.4 Å². The molecule has 0 bridgehead atoms. The summed E-state index contributed by atoms with van der Waals surface area (Å²) in [4.78, 5) is 223. The maximum atomic E-state index is 15.1. The average Bonchev–Trinajstić information content (AvgIpc) is 0.825. The lowest BCUT2D eigenvalue weighted by atomic mass is 9.91. The Hall–Kier alpha value is -10.4. The number of phenols is 1. The lowest BCUT2D eigenvalue weighted by Crippen LogP contribution is -2.67. The van der Waals surface area contributed by atoms with Gasteiger partial charge in [-0.2, -0.15) is 0 Å². The molecule has 14 atom stereocenters. The van der Waals surface area contributed by atoms with Crippen molar-refractivity contribution in [3.63, 3.8) is 0 Å².